The molecule has 13 heteroatoms. The van der Waals surface area contributed by atoms with Crippen LogP contribution in [-0.4, -0.2) is 42.3 Å². The number of sulfonamides is 1. The van der Waals surface area contributed by atoms with Crippen LogP contribution in [0.4, 0.5) is 5.69 Å². The van der Waals surface area contributed by atoms with Crippen molar-refractivity contribution in [3.63, 3.8) is 0 Å². The van der Waals surface area contributed by atoms with Crippen molar-refractivity contribution in [2.24, 2.45) is 22.2 Å². The molecule has 1 amide bonds. The number of aliphatic imine (C=N–C) groups is 1. The van der Waals surface area contributed by atoms with Gasteiger partial charge in [-0.1, -0.05) is 35.3 Å². The zero-order valence-corrected chi connectivity index (χ0v) is 19.2. The minimum absolute atomic E-state index is 0.00365. The van der Waals surface area contributed by atoms with Crippen LogP contribution in [0.2, 0.25) is 10.0 Å². The fourth-order valence-electron chi connectivity index (χ4n) is 2.91. The Labute approximate surface area is 195 Å². The first-order chi connectivity index (χ1) is 14.9. The number of anilines is 1. The molecular formula is C19H24Cl2N6O4S. The summed E-state index contributed by atoms with van der Waals surface area (Å²) in [5.74, 6) is -0.978. The maximum atomic E-state index is 13.5. The Morgan fingerprint density at radius 3 is 2.16 bits per heavy atom. The third-order valence-corrected chi connectivity index (χ3v) is 7.00. The van der Waals surface area contributed by atoms with Crippen LogP contribution in [0.3, 0.4) is 0 Å². The Kier molecular flexibility index (Phi) is 8.56. The normalized spacial score (nSPS) is 12.5. The van der Waals surface area contributed by atoms with Gasteiger partial charge >= 0.3 is 0 Å². The van der Waals surface area contributed by atoms with Crippen LogP contribution < -0.4 is 22.9 Å². The van der Waals surface area contributed by atoms with Crippen molar-refractivity contribution >= 4 is 50.8 Å². The van der Waals surface area contributed by atoms with Crippen LogP contribution in [0.25, 0.3) is 0 Å². The molecule has 2 rings (SSSR count). The minimum Gasteiger partial charge on any atom is -0.508 e. The molecule has 1 atom stereocenters. The maximum absolute atomic E-state index is 13.5. The van der Waals surface area contributed by atoms with Crippen LogP contribution in [0.1, 0.15) is 18.4 Å². The predicted octanol–water partition coefficient (Wildman–Crippen LogP) is 1.38. The number of phenolic OH excluding ortho intramolecular Hbond substituents is 1. The Hall–Kier alpha value is -2.73. The van der Waals surface area contributed by atoms with Gasteiger partial charge in [-0.05, 0) is 42.7 Å². The van der Waals surface area contributed by atoms with Gasteiger partial charge < -0.3 is 28.0 Å². The largest absolute Gasteiger partial charge is 0.508 e. The lowest BCUT2D eigenvalue weighted by molar-refractivity contribution is -0.122. The monoisotopic (exact) mass is 502 g/mol. The number of guanidine groups is 1. The van der Waals surface area contributed by atoms with E-state index in [1.807, 2.05) is 0 Å². The Morgan fingerprint density at radius 2 is 1.66 bits per heavy atom. The van der Waals surface area contributed by atoms with E-state index >= 15 is 0 Å². The van der Waals surface area contributed by atoms with Crippen molar-refractivity contribution in [1.29, 1.82) is 0 Å². The first-order valence-corrected chi connectivity index (χ1v) is 11.5. The highest BCUT2D eigenvalue weighted by Gasteiger charge is 2.35. The van der Waals surface area contributed by atoms with Crippen LogP contribution in [-0.2, 0) is 21.4 Å². The third kappa shape index (κ3) is 6.39. The first-order valence-electron chi connectivity index (χ1n) is 9.32. The Bertz CT molecular complexity index is 1080. The zero-order chi connectivity index (χ0) is 24.1. The molecule has 0 spiro atoms. The smallest absolute Gasteiger partial charge is 0.244 e. The number of phenols is 1. The summed E-state index contributed by atoms with van der Waals surface area (Å²) in [5.41, 5.74) is 22.4. The number of amides is 1. The van der Waals surface area contributed by atoms with E-state index in [1.165, 1.54) is 24.3 Å². The van der Waals surface area contributed by atoms with Crippen molar-refractivity contribution in [3.05, 3.63) is 52.0 Å². The fourth-order valence-corrected chi connectivity index (χ4v) is 5.19. The number of hydrogen-bond donors (Lipinski definition) is 5. The van der Waals surface area contributed by atoms with E-state index in [-0.39, 0.29) is 58.3 Å². The molecule has 32 heavy (non-hydrogen) atoms. The van der Waals surface area contributed by atoms with Gasteiger partial charge in [0.25, 0.3) is 0 Å². The summed E-state index contributed by atoms with van der Waals surface area (Å²) in [7, 11) is -4.31. The highest BCUT2D eigenvalue weighted by atomic mass is 35.5. The van der Waals surface area contributed by atoms with E-state index in [1.54, 1.807) is 0 Å². The van der Waals surface area contributed by atoms with Crippen LogP contribution in [0.5, 0.6) is 5.75 Å². The van der Waals surface area contributed by atoms with E-state index in [4.69, 9.17) is 46.1 Å². The summed E-state index contributed by atoms with van der Waals surface area (Å²) in [6.07, 6.45) is 0.343. The summed E-state index contributed by atoms with van der Waals surface area (Å²) < 4.78 is 28.1. The molecule has 0 heterocycles. The molecule has 174 valence electrons. The number of aromatic hydroxyl groups is 1. The van der Waals surface area contributed by atoms with E-state index in [2.05, 4.69) is 4.99 Å². The molecule has 0 saturated heterocycles. The Balaban J connectivity index is 2.51. The summed E-state index contributed by atoms with van der Waals surface area (Å²) in [6, 6.07) is 6.93. The van der Waals surface area contributed by atoms with Gasteiger partial charge in [-0.25, -0.2) is 8.42 Å². The van der Waals surface area contributed by atoms with Crippen molar-refractivity contribution in [2.45, 2.75) is 30.3 Å². The van der Waals surface area contributed by atoms with E-state index in [0.717, 1.165) is 16.4 Å². The SMILES string of the molecule is NC(=O)[C@@H](CCCN=C(N)N)N(Cc1ccc(O)cc1)S(=O)(=O)c1cc(Cl)c(N)c(Cl)c1. The number of rotatable bonds is 10. The van der Waals surface area contributed by atoms with Gasteiger partial charge in [0.05, 0.1) is 20.6 Å². The van der Waals surface area contributed by atoms with Gasteiger partial charge in [-0.15, -0.1) is 0 Å². The number of benzene rings is 2. The van der Waals surface area contributed by atoms with Gasteiger partial charge in [0, 0.05) is 13.1 Å². The second kappa shape index (κ2) is 10.7. The highest BCUT2D eigenvalue weighted by Crippen LogP contribution is 2.33. The highest BCUT2D eigenvalue weighted by molar-refractivity contribution is 7.89. The quantitative estimate of drug-likeness (QED) is 0.140. The van der Waals surface area contributed by atoms with Gasteiger partial charge in [0.2, 0.25) is 15.9 Å². The number of carbonyl (C=O) groups excluding carboxylic acids is 1. The van der Waals surface area contributed by atoms with Crippen molar-refractivity contribution < 1.29 is 18.3 Å². The zero-order valence-electron chi connectivity index (χ0n) is 16.9. The van der Waals surface area contributed by atoms with E-state index < -0.39 is 22.0 Å². The molecule has 0 radical (unpaired) electrons. The van der Waals surface area contributed by atoms with Crippen molar-refractivity contribution in [1.82, 2.24) is 4.31 Å². The molecule has 0 aromatic heterocycles. The molecule has 0 aliphatic heterocycles. The second-order valence-electron chi connectivity index (χ2n) is 6.88. The van der Waals surface area contributed by atoms with Gasteiger partial charge in [0.1, 0.15) is 11.8 Å². The lowest BCUT2D eigenvalue weighted by Crippen LogP contribution is -2.47. The standard InChI is InChI=1S/C19H24Cl2N6O4S/c20-14-8-13(9-15(21)17(14)22)32(30,31)27(10-11-3-5-12(28)6-4-11)16(18(23)29)2-1-7-26-19(24)25/h3-6,8-9,16,28H,1-2,7,10,22H2,(H2,23,29)(H4,24,25,26)/t16-/m1/s1. The summed E-state index contributed by atoms with van der Waals surface area (Å²) in [4.78, 5) is 15.9. The average Bonchev–Trinajstić information content (AvgIpc) is 2.71. The van der Waals surface area contributed by atoms with E-state index in [9.17, 15) is 18.3 Å². The number of nitrogens with zero attached hydrogens (tertiary/aromatic N) is 2. The number of carbonyl (C=O) groups is 1. The number of hydrogen-bond acceptors (Lipinski definition) is 6. The van der Waals surface area contributed by atoms with E-state index in [0.29, 0.717) is 5.56 Å². The van der Waals surface area contributed by atoms with Gasteiger partial charge in [0.15, 0.2) is 5.96 Å². The molecule has 0 saturated carbocycles. The van der Waals surface area contributed by atoms with Gasteiger partial charge in [-0.2, -0.15) is 4.31 Å². The average molecular weight is 503 g/mol. The molecule has 2 aromatic rings. The fraction of sp³-hybridized carbons (Fsp3) is 0.263. The second-order valence-corrected chi connectivity index (χ2v) is 9.59. The first kappa shape index (κ1) is 25.5. The molecule has 10 nitrogen and oxygen atoms in total. The number of nitrogens with two attached hydrogens (primary N) is 4. The molecule has 0 aliphatic rings. The molecule has 0 fully saturated rings. The van der Waals surface area contributed by atoms with Crippen LogP contribution in [0, 0.1) is 0 Å². The summed E-state index contributed by atoms with van der Waals surface area (Å²) in [5, 5.41) is 9.42. The van der Waals surface area contributed by atoms with Crippen molar-refractivity contribution in [2.75, 3.05) is 12.3 Å². The molecule has 9 N–H and O–H groups in total. The maximum Gasteiger partial charge on any atom is 0.244 e. The van der Waals surface area contributed by atoms with Crippen LogP contribution >= 0.6 is 23.2 Å². The molecule has 0 aliphatic carbocycles. The predicted molar refractivity (Wildman–Crippen MR) is 125 cm³/mol. The lowest BCUT2D eigenvalue weighted by Gasteiger charge is -2.29. The van der Waals surface area contributed by atoms with Gasteiger partial charge in [-0.3, -0.25) is 9.79 Å². The minimum atomic E-state index is -4.31. The third-order valence-electron chi connectivity index (χ3n) is 4.54. The van der Waals surface area contributed by atoms with Crippen molar-refractivity contribution in [3.8, 4) is 5.75 Å². The summed E-state index contributed by atoms with van der Waals surface area (Å²) >= 11 is 12.1. The number of nitrogen functional groups attached to an aromatic ring is 1. The Morgan fingerprint density at radius 1 is 1.09 bits per heavy atom. The molecular weight excluding hydrogens is 479 g/mol. The molecule has 2 aromatic carbocycles. The molecule has 0 bridgehead atoms. The molecule has 0 unspecified atom stereocenters. The topological polar surface area (TPSA) is 191 Å². The van der Waals surface area contributed by atoms with Crippen LogP contribution in [0.15, 0.2) is 46.3 Å². The number of primary amides is 1. The number of halogens is 2. The summed E-state index contributed by atoms with van der Waals surface area (Å²) in [6.45, 7) is -0.0309. The lowest BCUT2D eigenvalue weighted by atomic mass is 10.1.